The lowest BCUT2D eigenvalue weighted by Crippen LogP contribution is -2.44. The van der Waals surface area contributed by atoms with Crippen LogP contribution in [-0.2, 0) is 4.79 Å². The number of carboxylic acids is 1. The van der Waals surface area contributed by atoms with Gasteiger partial charge in [0.05, 0.1) is 6.42 Å². The second-order valence-electron chi connectivity index (χ2n) is 4.52. The Kier molecular flexibility index (Phi) is 4.60. The minimum atomic E-state index is -0.713. The van der Waals surface area contributed by atoms with Crippen molar-refractivity contribution < 1.29 is 9.90 Å². The van der Waals surface area contributed by atoms with E-state index in [1.165, 1.54) is 5.56 Å². The van der Waals surface area contributed by atoms with Crippen molar-refractivity contribution in [2.24, 2.45) is 0 Å². The van der Waals surface area contributed by atoms with Gasteiger partial charge in [0.2, 0.25) is 0 Å². The van der Waals surface area contributed by atoms with Gasteiger partial charge < -0.3 is 5.11 Å². The highest BCUT2D eigenvalue weighted by atomic mass is 32.2. The number of thioether (sulfide) groups is 1. The van der Waals surface area contributed by atoms with Crippen molar-refractivity contribution in [3.05, 3.63) is 30.1 Å². The molecule has 0 saturated carbocycles. The molecule has 2 rings (SSSR count). The molecule has 1 aromatic heterocycles. The number of aliphatic carboxylic acids is 1. The zero-order chi connectivity index (χ0) is 13.0. The van der Waals surface area contributed by atoms with Crippen LogP contribution in [0.4, 0.5) is 0 Å². The number of rotatable bonds is 4. The molecule has 1 saturated heterocycles. The summed E-state index contributed by atoms with van der Waals surface area (Å²) in [5.41, 5.74) is 1.20. The van der Waals surface area contributed by atoms with Gasteiger partial charge in [-0.1, -0.05) is 0 Å². The number of hydrogen-bond donors (Lipinski definition) is 1. The maximum Gasteiger partial charge on any atom is 0.304 e. The first-order valence-electron chi connectivity index (χ1n) is 6.13. The standard InChI is InChI=1S/C13H18N2O2S/c1-10(11-2-4-14-5-3-11)15-6-7-18-9-12(15)8-13(16)17/h2-5,10,12H,6-9H2,1H3,(H,16,17). The van der Waals surface area contributed by atoms with E-state index in [4.69, 9.17) is 5.11 Å². The van der Waals surface area contributed by atoms with Gasteiger partial charge in [0.1, 0.15) is 0 Å². The molecular formula is C13H18N2O2S. The Morgan fingerprint density at radius 2 is 2.33 bits per heavy atom. The normalized spacial score (nSPS) is 22.6. The molecule has 0 spiro atoms. The summed E-state index contributed by atoms with van der Waals surface area (Å²) >= 11 is 1.84. The summed E-state index contributed by atoms with van der Waals surface area (Å²) < 4.78 is 0. The maximum absolute atomic E-state index is 10.9. The molecule has 0 amide bonds. The highest BCUT2D eigenvalue weighted by Crippen LogP contribution is 2.28. The van der Waals surface area contributed by atoms with Gasteiger partial charge in [-0.2, -0.15) is 11.8 Å². The minimum Gasteiger partial charge on any atom is -0.481 e. The molecule has 1 N–H and O–H groups in total. The van der Waals surface area contributed by atoms with Gasteiger partial charge in [-0.3, -0.25) is 14.7 Å². The Hall–Kier alpha value is -1.07. The summed E-state index contributed by atoms with van der Waals surface area (Å²) in [6.45, 7) is 3.09. The predicted molar refractivity (Wildman–Crippen MR) is 72.7 cm³/mol. The van der Waals surface area contributed by atoms with Gasteiger partial charge in [0.15, 0.2) is 0 Å². The van der Waals surface area contributed by atoms with Gasteiger partial charge in [0, 0.05) is 42.5 Å². The third-order valence-electron chi connectivity index (χ3n) is 3.37. The maximum atomic E-state index is 10.9. The first-order chi connectivity index (χ1) is 8.68. The van der Waals surface area contributed by atoms with Crippen LogP contribution < -0.4 is 0 Å². The van der Waals surface area contributed by atoms with Crippen molar-refractivity contribution in [2.45, 2.75) is 25.4 Å². The largest absolute Gasteiger partial charge is 0.481 e. The van der Waals surface area contributed by atoms with Crippen LogP contribution in [0.1, 0.15) is 24.9 Å². The van der Waals surface area contributed by atoms with Gasteiger partial charge in [-0.05, 0) is 24.6 Å². The number of pyridine rings is 1. The lowest BCUT2D eigenvalue weighted by molar-refractivity contribution is -0.138. The van der Waals surface area contributed by atoms with Gasteiger partial charge in [0.25, 0.3) is 0 Å². The molecule has 2 heterocycles. The molecule has 1 aliphatic heterocycles. The first-order valence-corrected chi connectivity index (χ1v) is 7.29. The summed E-state index contributed by atoms with van der Waals surface area (Å²) in [6, 6.07) is 4.39. The van der Waals surface area contributed by atoms with Crippen LogP contribution in [0.15, 0.2) is 24.5 Å². The van der Waals surface area contributed by atoms with Crippen LogP contribution in [0.2, 0.25) is 0 Å². The molecule has 1 aliphatic rings. The quantitative estimate of drug-likeness (QED) is 0.903. The van der Waals surface area contributed by atoms with Crippen LogP contribution >= 0.6 is 11.8 Å². The first kappa shape index (κ1) is 13.4. The summed E-state index contributed by atoms with van der Waals surface area (Å²) in [4.78, 5) is 17.3. The fourth-order valence-corrected chi connectivity index (χ4v) is 3.48. The van der Waals surface area contributed by atoms with E-state index in [0.717, 1.165) is 18.1 Å². The van der Waals surface area contributed by atoms with E-state index in [1.54, 1.807) is 12.4 Å². The molecule has 0 radical (unpaired) electrons. The van der Waals surface area contributed by atoms with Crippen LogP contribution in [0.25, 0.3) is 0 Å². The second kappa shape index (κ2) is 6.20. The molecular weight excluding hydrogens is 248 g/mol. The number of aromatic nitrogens is 1. The van der Waals surface area contributed by atoms with Crippen LogP contribution in [-0.4, -0.2) is 45.1 Å². The highest BCUT2D eigenvalue weighted by molar-refractivity contribution is 7.99. The third kappa shape index (κ3) is 3.23. The molecule has 1 aromatic rings. The lowest BCUT2D eigenvalue weighted by atomic mass is 10.1. The number of carboxylic acid groups (broad SMARTS) is 1. The van der Waals surface area contributed by atoms with Gasteiger partial charge in [-0.25, -0.2) is 0 Å². The van der Waals surface area contributed by atoms with E-state index in [0.29, 0.717) is 0 Å². The van der Waals surface area contributed by atoms with E-state index >= 15 is 0 Å². The summed E-state index contributed by atoms with van der Waals surface area (Å²) in [5.74, 6) is 1.27. The van der Waals surface area contributed by atoms with Crippen molar-refractivity contribution >= 4 is 17.7 Å². The smallest absolute Gasteiger partial charge is 0.304 e. The van der Waals surface area contributed by atoms with E-state index in [1.807, 2.05) is 23.9 Å². The van der Waals surface area contributed by atoms with E-state index in [2.05, 4.69) is 16.8 Å². The Labute approximate surface area is 111 Å². The Bertz CT molecular complexity index is 399. The van der Waals surface area contributed by atoms with Gasteiger partial charge in [-0.15, -0.1) is 0 Å². The average Bonchev–Trinajstić information content (AvgIpc) is 2.39. The Morgan fingerprint density at radius 1 is 1.61 bits per heavy atom. The number of nitrogens with zero attached hydrogens (tertiary/aromatic N) is 2. The molecule has 2 unspecified atom stereocenters. The molecule has 0 aliphatic carbocycles. The highest BCUT2D eigenvalue weighted by Gasteiger charge is 2.29. The number of carbonyl (C=O) groups is 1. The fraction of sp³-hybridized carbons (Fsp3) is 0.538. The van der Waals surface area contributed by atoms with Crippen LogP contribution in [0.3, 0.4) is 0 Å². The topological polar surface area (TPSA) is 53.4 Å². The monoisotopic (exact) mass is 266 g/mol. The van der Waals surface area contributed by atoms with Crippen molar-refractivity contribution in [3.63, 3.8) is 0 Å². The minimum absolute atomic E-state index is 0.129. The molecule has 98 valence electrons. The molecule has 4 nitrogen and oxygen atoms in total. The van der Waals surface area contributed by atoms with Crippen LogP contribution in [0, 0.1) is 0 Å². The zero-order valence-corrected chi connectivity index (χ0v) is 11.3. The molecule has 18 heavy (non-hydrogen) atoms. The van der Waals surface area contributed by atoms with Crippen molar-refractivity contribution in [3.8, 4) is 0 Å². The van der Waals surface area contributed by atoms with Gasteiger partial charge >= 0.3 is 5.97 Å². The average molecular weight is 266 g/mol. The molecule has 0 bridgehead atoms. The predicted octanol–water partition coefficient (Wildman–Crippen LogP) is 2.03. The lowest BCUT2D eigenvalue weighted by Gasteiger charge is -2.39. The van der Waals surface area contributed by atoms with E-state index in [-0.39, 0.29) is 18.5 Å². The third-order valence-corrected chi connectivity index (χ3v) is 4.46. The SMILES string of the molecule is CC(c1ccncc1)N1CCSCC1CC(=O)O. The molecule has 1 fully saturated rings. The molecule has 2 atom stereocenters. The number of hydrogen-bond acceptors (Lipinski definition) is 4. The molecule has 0 aromatic carbocycles. The Morgan fingerprint density at radius 3 is 3.00 bits per heavy atom. The summed E-state index contributed by atoms with van der Waals surface area (Å²) in [5, 5.41) is 8.99. The molecule has 5 heteroatoms. The van der Waals surface area contributed by atoms with E-state index < -0.39 is 5.97 Å². The zero-order valence-electron chi connectivity index (χ0n) is 10.5. The summed E-state index contributed by atoms with van der Waals surface area (Å²) in [6.07, 6.45) is 3.80. The van der Waals surface area contributed by atoms with Crippen molar-refractivity contribution in [2.75, 3.05) is 18.1 Å². The van der Waals surface area contributed by atoms with Crippen molar-refractivity contribution in [1.29, 1.82) is 0 Å². The fourth-order valence-electron chi connectivity index (χ4n) is 2.39. The van der Waals surface area contributed by atoms with Crippen LogP contribution in [0.5, 0.6) is 0 Å². The van der Waals surface area contributed by atoms with E-state index in [9.17, 15) is 4.79 Å². The van der Waals surface area contributed by atoms with Crippen molar-refractivity contribution in [1.82, 2.24) is 9.88 Å². The Balaban J connectivity index is 2.11. The second-order valence-corrected chi connectivity index (χ2v) is 5.67. The summed E-state index contributed by atoms with van der Waals surface area (Å²) in [7, 11) is 0.